The topological polar surface area (TPSA) is 45.6 Å². The zero-order chi connectivity index (χ0) is 24.8. The molecule has 0 N–H and O–H groups in total. The van der Waals surface area contributed by atoms with Crippen LogP contribution in [0.4, 0.5) is 5.69 Å². The summed E-state index contributed by atoms with van der Waals surface area (Å²) in [4.78, 5) is 31.1. The summed E-state index contributed by atoms with van der Waals surface area (Å²) in [5.41, 5.74) is 4.12. The first kappa shape index (κ1) is 22.9. The highest BCUT2D eigenvalue weighted by Gasteiger charge is 2.40. The molecule has 2 aliphatic rings. The van der Waals surface area contributed by atoms with Crippen molar-refractivity contribution in [2.75, 3.05) is 11.4 Å². The zero-order valence-corrected chi connectivity index (χ0v) is 20.9. The smallest absolute Gasteiger partial charge is 0.254 e. The summed E-state index contributed by atoms with van der Waals surface area (Å²) in [5, 5.41) is 1.17. The highest BCUT2D eigenvalue weighted by atomic mass is 35.5. The monoisotopic (exact) mass is 515 g/mol. The molecule has 1 unspecified atom stereocenters. The first-order chi connectivity index (χ1) is 17.5. The van der Waals surface area contributed by atoms with E-state index >= 15 is 0 Å². The number of hydrogen-bond donors (Lipinski definition) is 0. The predicted octanol–water partition coefficient (Wildman–Crippen LogP) is 6.52. The number of carbonyl (C=O) groups excluding carboxylic acids is 2. The Labute approximate surface area is 219 Å². The van der Waals surface area contributed by atoms with Gasteiger partial charge in [-0.2, -0.15) is 0 Å². The third-order valence-corrected chi connectivity index (χ3v) is 7.28. The van der Waals surface area contributed by atoms with Crippen molar-refractivity contribution < 1.29 is 9.59 Å². The van der Waals surface area contributed by atoms with Crippen LogP contribution in [0, 0.1) is 0 Å². The second-order valence-electron chi connectivity index (χ2n) is 9.18. The van der Waals surface area contributed by atoms with Crippen LogP contribution < -0.4 is 4.90 Å². The van der Waals surface area contributed by atoms with Crippen molar-refractivity contribution in [2.45, 2.75) is 24.9 Å². The number of para-hydroxylation sites is 2. The third-order valence-electron chi connectivity index (χ3n) is 6.80. The molecule has 2 heterocycles. The number of amides is 2. The molecule has 4 aromatic rings. The van der Waals surface area contributed by atoms with Gasteiger partial charge in [-0.1, -0.05) is 47.5 Å². The number of carbonyl (C=O) groups is 2. The Bertz CT molecular complexity index is 1460. The average Bonchev–Trinajstić information content (AvgIpc) is 3.61. The Morgan fingerprint density at radius 1 is 0.833 bits per heavy atom. The summed E-state index contributed by atoms with van der Waals surface area (Å²) < 4.78 is 2.11. The molecule has 0 radical (unpaired) electrons. The molecular weight excluding hydrogens is 493 g/mol. The summed E-state index contributed by atoms with van der Waals surface area (Å²) in [5.74, 6) is -0.301. The average molecular weight is 516 g/mol. The van der Waals surface area contributed by atoms with Crippen molar-refractivity contribution in [3.8, 4) is 5.69 Å². The van der Waals surface area contributed by atoms with Gasteiger partial charge < -0.3 is 9.47 Å². The molecule has 1 aromatic heterocycles. The van der Waals surface area contributed by atoms with Gasteiger partial charge in [-0.3, -0.25) is 14.5 Å². The van der Waals surface area contributed by atoms with Gasteiger partial charge in [-0.25, -0.2) is 0 Å². The normalized spacial score (nSPS) is 16.3. The van der Waals surface area contributed by atoms with Crippen molar-refractivity contribution in [3.63, 3.8) is 0 Å². The molecule has 7 heteroatoms. The highest BCUT2D eigenvalue weighted by Crippen LogP contribution is 2.43. The van der Waals surface area contributed by atoms with Crippen LogP contribution in [0.15, 0.2) is 91.1 Å². The number of hydrogen-bond acceptors (Lipinski definition) is 2. The summed E-state index contributed by atoms with van der Waals surface area (Å²) in [6.07, 6.45) is 3.79. The number of halogens is 2. The van der Waals surface area contributed by atoms with E-state index in [0.29, 0.717) is 15.6 Å². The molecule has 1 aliphatic heterocycles. The minimum absolute atomic E-state index is 0.0156. The van der Waals surface area contributed by atoms with E-state index in [2.05, 4.69) is 4.57 Å². The van der Waals surface area contributed by atoms with Gasteiger partial charge in [0.25, 0.3) is 5.91 Å². The molecule has 0 spiro atoms. The minimum atomic E-state index is -0.382. The molecule has 1 atom stereocenters. The van der Waals surface area contributed by atoms with E-state index in [4.69, 9.17) is 23.2 Å². The van der Waals surface area contributed by atoms with Gasteiger partial charge in [0.2, 0.25) is 5.91 Å². The van der Waals surface area contributed by atoms with Crippen molar-refractivity contribution in [1.82, 2.24) is 9.47 Å². The van der Waals surface area contributed by atoms with Gasteiger partial charge in [0, 0.05) is 27.8 Å². The Kier molecular flexibility index (Phi) is 5.82. The van der Waals surface area contributed by atoms with E-state index in [1.165, 1.54) is 0 Å². The Balaban J connectivity index is 1.41. The molecule has 5 nitrogen and oxygen atoms in total. The fourth-order valence-corrected chi connectivity index (χ4v) is 5.31. The maximum absolute atomic E-state index is 14.2. The van der Waals surface area contributed by atoms with E-state index in [1.807, 2.05) is 71.8 Å². The first-order valence-electron chi connectivity index (χ1n) is 11.9. The Morgan fingerprint density at radius 3 is 2.31 bits per heavy atom. The van der Waals surface area contributed by atoms with E-state index < -0.39 is 0 Å². The van der Waals surface area contributed by atoms with Gasteiger partial charge in [0.05, 0.1) is 17.1 Å². The van der Waals surface area contributed by atoms with Crippen LogP contribution in [0.25, 0.3) is 5.69 Å². The molecular formula is C29H23Cl2N3O2. The summed E-state index contributed by atoms with van der Waals surface area (Å²) >= 11 is 12.4. The SMILES string of the molecule is O=C(c1ccc(Cl)cc1)N(CC(=O)N1c2ccccc2-n2cccc2C1c1cccc(Cl)c1)C1CC1. The minimum Gasteiger partial charge on any atom is -0.326 e. The lowest BCUT2D eigenvalue weighted by molar-refractivity contribution is -0.119. The number of benzene rings is 3. The molecule has 0 bridgehead atoms. The second-order valence-corrected chi connectivity index (χ2v) is 10.1. The quantitative estimate of drug-likeness (QED) is 0.303. The van der Waals surface area contributed by atoms with Crippen LogP contribution in [-0.2, 0) is 4.79 Å². The van der Waals surface area contributed by atoms with Crippen LogP contribution in [0.2, 0.25) is 10.0 Å². The Hall–Kier alpha value is -3.54. The highest BCUT2D eigenvalue weighted by molar-refractivity contribution is 6.31. The van der Waals surface area contributed by atoms with E-state index in [0.717, 1.165) is 35.5 Å². The zero-order valence-electron chi connectivity index (χ0n) is 19.4. The maximum atomic E-state index is 14.2. The lowest BCUT2D eigenvalue weighted by Crippen LogP contribution is -2.47. The Morgan fingerprint density at radius 2 is 1.58 bits per heavy atom. The van der Waals surface area contributed by atoms with E-state index in [-0.39, 0.29) is 30.4 Å². The lowest BCUT2D eigenvalue weighted by atomic mass is 9.97. The maximum Gasteiger partial charge on any atom is 0.254 e. The van der Waals surface area contributed by atoms with Gasteiger partial charge in [0.15, 0.2) is 0 Å². The van der Waals surface area contributed by atoms with Gasteiger partial charge in [0.1, 0.15) is 12.6 Å². The molecule has 2 amide bonds. The summed E-state index contributed by atoms with van der Waals surface area (Å²) in [7, 11) is 0. The fraction of sp³-hybridized carbons (Fsp3) is 0.172. The molecule has 3 aromatic carbocycles. The van der Waals surface area contributed by atoms with Crippen LogP contribution in [-0.4, -0.2) is 33.9 Å². The third kappa shape index (κ3) is 4.08. The summed E-state index contributed by atoms with van der Waals surface area (Å²) in [6.45, 7) is -0.0156. The van der Waals surface area contributed by atoms with Crippen LogP contribution in [0.1, 0.15) is 40.5 Å². The molecule has 1 aliphatic carbocycles. The van der Waals surface area contributed by atoms with Crippen LogP contribution in [0.5, 0.6) is 0 Å². The summed E-state index contributed by atoms with van der Waals surface area (Å²) in [6, 6.07) is 26.0. The molecule has 6 rings (SSSR count). The molecule has 0 saturated heterocycles. The predicted molar refractivity (Wildman–Crippen MR) is 142 cm³/mol. The number of aromatic nitrogens is 1. The van der Waals surface area contributed by atoms with Gasteiger partial charge >= 0.3 is 0 Å². The largest absolute Gasteiger partial charge is 0.326 e. The van der Waals surface area contributed by atoms with Gasteiger partial charge in [-0.05, 0) is 79.1 Å². The van der Waals surface area contributed by atoms with Crippen LogP contribution >= 0.6 is 23.2 Å². The first-order valence-corrected chi connectivity index (χ1v) is 12.7. The fourth-order valence-electron chi connectivity index (χ4n) is 4.99. The van der Waals surface area contributed by atoms with Gasteiger partial charge in [-0.15, -0.1) is 0 Å². The van der Waals surface area contributed by atoms with Crippen molar-refractivity contribution >= 4 is 40.7 Å². The van der Waals surface area contributed by atoms with Crippen molar-refractivity contribution in [3.05, 3.63) is 118 Å². The number of rotatable bonds is 5. The standard InChI is InChI=1S/C29H23Cl2N3O2/c30-21-12-10-19(11-13-21)29(36)33(23-14-15-23)18-27(35)34-25-8-2-1-7-24(25)32-16-4-9-26(32)28(34)20-5-3-6-22(31)17-20/h1-13,16-17,23,28H,14-15,18H2. The van der Waals surface area contributed by atoms with E-state index in [9.17, 15) is 9.59 Å². The van der Waals surface area contributed by atoms with Crippen molar-refractivity contribution in [1.29, 1.82) is 0 Å². The number of anilines is 1. The van der Waals surface area contributed by atoms with Crippen molar-refractivity contribution in [2.24, 2.45) is 0 Å². The second kappa shape index (κ2) is 9.16. The molecule has 1 fully saturated rings. The number of nitrogens with zero attached hydrogens (tertiary/aromatic N) is 3. The van der Waals surface area contributed by atoms with Crippen LogP contribution in [0.3, 0.4) is 0 Å². The number of fused-ring (bicyclic) bond motifs is 3. The lowest BCUT2D eigenvalue weighted by Gasteiger charge is -2.39. The molecule has 180 valence electrons. The molecule has 1 saturated carbocycles. The van der Waals surface area contributed by atoms with E-state index in [1.54, 1.807) is 29.2 Å². The molecule has 36 heavy (non-hydrogen) atoms.